The molecule has 3 aliphatic rings. The third-order valence-electron chi connectivity index (χ3n) is 10.6. The summed E-state index contributed by atoms with van der Waals surface area (Å²) < 4.78 is 58.7. The van der Waals surface area contributed by atoms with Gasteiger partial charge in [0.15, 0.2) is 11.5 Å². The number of benzene rings is 1. The minimum atomic E-state index is -4.94. The van der Waals surface area contributed by atoms with E-state index in [1.807, 2.05) is 38.3 Å². The molecule has 6 rings (SSSR count). The lowest BCUT2D eigenvalue weighted by atomic mass is 9.81. The number of morpholine rings is 1. The van der Waals surface area contributed by atoms with Crippen molar-refractivity contribution in [1.82, 2.24) is 20.2 Å². The highest BCUT2D eigenvalue weighted by Gasteiger charge is 2.49. The van der Waals surface area contributed by atoms with Crippen LogP contribution in [-0.2, 0) is 16.1 Å². The smallest absolute Gasteiger partial charge is 0.448 e. The second-order valence-corrected chi connectivity index (χ2v) is 15.3. The number of carbonyl (C=O) groups excluding carboxylic acids is 2. The average molecular weight is 758 g/mol. The number of hydrogen-bond acceptors (Lipinski definition) is 9. The number of alkyl halides is 3. The summed E-state index contributed by atoms with van der Waals surface area (Å²) in [5.41, 5.74) is 3.05. The number of anilines is 1. The molecule has 1 saturated heterocycles. The van der Waals surface area contributed by atoms with Crippen LogP contribution in [0.15, 0.2) is 40.2 Å². The van der Waals surface area contributed by atoms with Gasteiger partial charge in [0.1, 0.15) is 5.82 Å². The summed E-state index contributed by atoms with van der Waals surface area (Å²) in [5.74, 6) is -2.05. The van der Waals surface area contributed by atoms with E-state index in [1.54, 1.807) is 33.0 Å². The molecule has 2 N–H and O–H groups in total. The van der Waals surface area contributed by atoms with Gasteiger partial charge >= 0.3 is 12.1 Å². The van der Waals surface area contributed by atoms with Crippen LogP contribution < -0.4 is 25.2 Å². The van der Waals surface area contributed by atoms with Gasteiger partial charge in [0.05, 0.1) is 12.2 Å². The first-order valence-corrected chi connectivity index (χ1v) is 19.0. The number of thioether (sulfide) groups is 1. The molecule has 0 radical (unpaired) electrons. The van der Waals surface area contributed by atoms with E-state index in [4.69, 9.17) is 19.2 Å². The Bertz CT molecular complexity index is 1920. The molecule has 2 aromatic heterocycles. The van der Waals surface area contributed by atoms with Gasteiger partial charge in [-0.05, 0) is 83.9 Å². The summed E-state index contributed by atoms with van der Waals surface area (Å²) in [4.78, 5) is 50.0. The molecule has 2 amide bonds. The van der Waals surface area contributed by atoms with Crippen LogP contribution in [0.3, 0.4) is 0 Å². The molecule has 1 saturated carbocycles. The van der Waals surface area contributed by atoms with Crippen molar-refractivity contribution in [2.75, 3.05) is 31.3 Å². The number of pyridine rings is 2. The number of aromatic nitrogens is 2. The van der Waals surface area contributed by atoms with Gasteiger partial charge in [0.2, 0.25) is 0 Å². The van der Waals surface area contributed by atoms with Crippen LogP contribution in [-0.4, -0.2) is 83.3 Å². The lowest BCUT2D eigenvalue weighted by Gasteiger charge is -2.40. The van der Waals surface area contributed by atoms with E-state index in [0.29, 0.717) is 78.1 Å². The Morgan fingerprint density at radius 3 is 2.34 bits per heavy atom. The number of halogens is 3. The molecule has 3 atom stereocenters. The van der Waals surface area contributed by atoms with Gasteiger partial charge in [-0.25, -0.2) is 4.98 Å². The summed E-state index contributed by atoms with van der Waals surface area (Å²) in [5, 5.41) is 2.93. The van der Waals surface area contributed by atoms with Crippen molar-refractivity contribution in [2.45, 2.75) is 102 Å². The molecule has 2 fully saturated rings. The normalized spacial score (nSPS) is 24.2. The predicted molar refractivity (Wildman–Crippen MR) is 196 cm³/mol. The molecule has 1 aromatic carbocycles. The highest BCUT2D eigenvalue weighted by molar-refractivity contribution is 7.98. The van der Waals surface area contributed by atoms with Crippen molar-refractivity contribution < 1.29 is 37.0 Å². The Labute approximate surface area is 311 Å². The zero-order valence-electron chi connectivity index (χ0n) is 31.0. The fourth-order valence-electron chi connectivity index (χ4n) is 7.75. The van der Waals surface area contributed by atoms with Gasteiger partial charge in [-0.3, -0.25) is 14.4 Å². The standard InChI is InChI=1S/C38H46F3N5O6S/c1-20-14-30(53-7)29(35(48)44-20)17-43-34(47)27-15-28(24-8-13-31(42-16-24)46-18-21(2)50-22(3)19-46)33-32(23(27)4)51-37(5,52-33)25-9-11-26(12-10-25)45(6)36(49)38(39,40)41/h8,13-16,21-22,25-26H,9-12,17-19H2,1-7H3,(H,43,47)(H,44,48)/t21-,22+,25?,26?,37?. The lowest BCUT2D eigenvalue weighted by molar-refractivity contribution is -0.187. The molecule has 4 heterocycles. The van der Waals surface area contributed by atoms with Gasteiger partial charge in [0.25, 0.3) is 17.3 Å². The van der Waals surface area contributed by atoms with Crippen molar-refractivity contribution in [3.63, 3.8) is 0 Å². The maximum absolute atomic E-state index is 13.9. The molecular formula is C38H46F3N5O6S. The molecule has 1 aliphatic carbocycles. The lowest BCUT2D eigenvalue weighted by Crippen LogP contribution is -2.49. The van der Waals surface area contributed by atoms with E-state index in [1.165, 1.54) is 18.8 Å². The monoisotopic (exact) mass is 757 g/mol. The van der Waals surface area contributed by atoms with Crippen molar-refractivity contribution in [3.8, 4) is 22.6 Å². The average Bonchev–Trinajstić information content (AvgIpc) is 3.48. The third kappa shape index (κ3) is 7.87. The van der Waals surface area contributed by atoms with Crippen LogP contribution in [0.4, 0.5) is 19.0 Å². The Morgan fingerprint density at radius 2 is 1.74 bits per heavy atom. The number of hydrogen-bond donors (Lipinski definition) is 2. The van der Waals surface area contributed by atoms with Crippen molar-refractivity contribution in [2.24, 2.45) is 5.92 Å². The van der Waals surface area contributed by atoms with Gasteiger partial charge in [-0.15, -0.1) is 11.8 Å². The number of rotatable bonds is 8. The van der Waals surface area contributed by atoms with Gasteiger partial charge in [0, 0.05) is 90.2 Å². The summed E-state index contributed by atoms with van der Waals surface area (Å²) >= 11 is 1.42. The summed E-state index contributed by atoms with van der Waals surface area (Å²) in [7, 11) is 1.19. The molecule has 3 aromatic rings. The highest BCUT2D eigenvalue weighted by atomic mass is 32.2. The number of nitrogens with zero attached hydrogens (tertiary/aromatic N) is 3. The van der Waals surface area contributed by atoms with Crippen LogP contribution in [0.2, 0.25) is 0 Å². The topological polar surface area (TPSA) is 126 Å². The van der Waals surface area contributed by atoms with Crippen LogP contribution in [0.5, 0.6) is 11.5 Å². The Balaban J connectivity index is 1.30. The number of nitrogens with one attached hydrogen (secondary N) is 2. The van der Waals surface area contributed by atoms with Gasteiger partial charge in [-0.2, -0.15) is 13.2 Å². The van der Waals surface area contributed by atoms with Crippen LogP contribution in [0.1, 0.15) is 73.6 Å². The maximum atomic E-state index is 13.9. The Morgan fingerprint density at radius 1 is 1.08 bits per heavy atom. The molecule has 15 heteroatoms. The third-order valence-corrected chi connectivity index (χ3v) is 11.4. The first-order valence-electron chi connectivity index (χ1n) is 17.8. The zero-order valence-corrected chi connectivity index (χ0v) is 31.8. The van der Waals surface area contributed by atoms with Crippen LogP contribution in [0.25, 0.3) is 11.1 Å². The number of fused-ring (bicyclic) bond motifs is 1. The first-order chi connectivity index (χ1) is 25.0. The molecule has 2 aliphatic heterocycles. The van der Waals surface area contributed by atoms with E-state index in [0.717, 1.165) is 21.3 Å². The highest BCUT2D eigenvalue weighted by Crippen LogP contribution is 2.53. The van der Waals surface area contributed by atoms with E-state index in [-0.39, 0.29) is 30.2 Å². The molecular weight excluding hydrogens is 712 g/mol. The Kier molecular flexibility index (Phi) is 10.8. The first kappa shape index (κ1) is 38.5. The van der Waals surface area contributed by atoms with E-state index in [9.17, 15) is 27.6 Å². The largest absolute Gasteiger partial charge is 0.471 e. The van der Waals surface area contributed by atoms with Gasteiger partial charge < -0.3 is 34.3 Å². The predicted octanol–water partition coefficient (Wildman–Crippen LogP) is 6.39. The molecule has 0 bridgehead atoms. The molecule has 53 heavy (non-hydrogen) atoms. The van der Waals surface area contributed by atoms with E-state index >= 15 is 0 Å². The minimum Gasteiger partial charge on any atom is -0.448 e. The summed E-state index contributed by atoms with van der Waals surface area (Å²) in [6.45, 7) is 10.8. The molecule has 286 valence electrons. The maximum Gasteiger partial charge on any atom is 0.471 e. The number of aryl methyl sites for hydroxylation is 1. The fourth-order valence-corrected chi connectivity index (χ4v) is 8.46. The molecule has 11 nitrogen and oxygen atoms in total. The SMILES string of the molecule is CSc1cc(C)[nH]c(=O)c1CNC(=O)c1cc(-c2ccc(N3C[C@@H](C)O[C@@H](C)C3)nc2)c2c(c1C)OC(C)(C1CCC(N(C)C(=O)C(F)(F)F)CC1)O2. The van der Waals surface area contributed by atoms with Crippen molar-refractivity contribution in [3.05, 3.63) is 63.2 Å². The summed E-state index contributed by atoms with van der Waals surface area (Å²) in [6.07, 6.45) is 0.389. The Hall–Kier alpha value is -4.24. The van der Waals surface area contributed by atoms with E-state index in [2.05, 4.69) is 15.2 Å². The number of H-pyrrole nitrogens is 1. The summed E-state index contributed by atoms with van der Waals surface area (Å²) in [6, 6.07) is 6.91. The second kappa shape index (κ2) is 14.9. The number of aromatic amines is 1. The number of amides is 2. The minimum absolute atomic E-state index is 0.00667. The number of carbonyl (C=O) groups is 2. The van der Waals surface area contributed by atoms with Gasteiger partial charge in [-0.1, -0.05) is 0 Å². The zero-order chi connectivity index (χ0) is 38.4. The molecule has 0 spiro atoms. The number of ether oxygens (including phenoxy) is 3. The van der Waals surface area contributed by atoms with E-state index < -0.39 is 29.8 Å². The van der Waals surface area contributed by atoms with Crippen LogP contribution in [0, 0.1) is 19.8 Å². The van der Waals surface area contributed by atoms with Crippen molar-refractivity contribution >= 4 is 29.4 Å². The quantitative estimate of drug-likeness (QED) is 0.252. The van der Waals surface area contributed by atoms with Crippen molar-refractivity contribution in [1.29, 1.82) is 0 Å². The van der Waals surface area contributed by atoms with Crippen LogP contribution >= 0.6 is 11.8 Å². The fraction of sp³-hybridized carbons (Fsp3) is 0.526. The molecule has 1 unspecified atom stereocenters. The second-order valence-electron chi connectivity index (χ2n) is 14.5.